The number of nitrogens with zero attached hydrogens (tertiary/aromatic N) is 8. The van der Waals surface area contributed by atoms with Gasteiger partial charge in [0.2, 0.25) is 11.7 Å². The lowest BCUT2D eigenvalue weighted by Crippen LogP contribution is -2.51. The minimum Gasteiger partial charge on any atom is -0.505 e. The second-order valence-electron chi connectivity index (χ2n) is 11.1. The van der Waals surface area contributed by atoms with Crippen LogP contribution in [0.3, 0.4) is 0 Å². The maximum atomic E-state index is 14.3. The van der Waals surface area contributed by atoms with Gasteiger partial charge in [-0.3, -0.25) is 14.4 Å². The molecular weight excluding hydrogens is 678 g/mol. The highest BCUT2D eigenvalue weighted by Crippen LogP contribution is 2.33. The Hall–Kier alpha value is -5.10. The van der Waals surface area contributed by atoms with Crippen LogP contribution in [0.25, 0.3) is 11.4 Å². The van der Waals surface area contributed by atoms with Gasteiger partial charge in [-0.25, -0.2) is 14.4 Å². The SMILES string of the molecule is CCc1c(N2CCN(C(=O)c3ncccc3O)CC2)c(=O)n2nc(C3=CCOCC3)nc2n1CC(=O)Nc1cc(F)c(C(F)(F)F)nc1Cl. The average molecular weight is 706 g/mol. The summed E-state index contributed by atoms with van der Waals surface area (Å²) in [5.74, 6) is -3.02. The van der Waals surface area contributed by atoms with Gasteiger partial charge in [0.05, 0.1) is 24.6 Å². The fraction of sp³-hybridized carbons (Fsp3) is 0.367. The fourth-order valence-corrected chi connectivity index (χ4v) is 5.91. The Morgan fingerprint density at radius 2 is 1.92 bits per heavy atom. The molecule has 4 aromatic rings. The third-order valence-electron chi connectivity index (χ3n) is 8.06. The average Bonchev–Trinajstić information content (AvgIpc) is 3.53. The topological polar surface area (TPSA) is 160 Å². The number of alkyl halides is 3. The van der Waals surface area contributed by atoms with Crippen LogP contribution in [0.4, 0.5) is 28.9 Å². The number of amides is 2. The number of rotatable bonds is 7. The van der Waals surface area contributed by atoms with Crippen LogP contribution in [0.1, 0.15) is 41.0 Å². The van der Waals surface area contributed by atoms with Crippen molar-refractivity contribution in [1.82, 2.24) is 34.0 Å². The van der Waals surface area contributed by atoms with Crippen LogP contribution in [0.15, 0.2) is 35.3 Å². The Morgan fingerprint density at radius 1 is 1.16 bits per heavy atom. The minimum absolute atomic E-state index is 0.0189. The molecule has 0 saturated carbocycles. The predicted octanol–water partition coefficient (Wildman–Crippen LogP) is 3.17. The number of nitrogens with one attached hydrogen (secondary N) is 1. The summed E-state index contributed by atoms with van der Waals surface area (Å²) in [5, 5.41) is 16.1. The van der Waals surface area contributed by atoms with Crippen molar-refractivity contribution >= 4 is 46.1 Å². The summed E-state index contributed by atoms with van der Waals surface area (Å²) in [6.45, 7) is 2.74. The zero-order chi connectivity index (χ0) is 35.0. The van der Waals surface area contributed by atoms with E-state index >= 15 is 0 Å². The predicted molar refractivity (Wildman–Crippen MR) is 167 cm³/mol. The number of halogens is 5. The molecule has 14 nitrogen and oxygen atoms in total. The van der Waals surface area contributed by atoms with Crippen molar-refractivity contribution in [2.75, 3.05) is 49.6 Å². The highest BCUT2D eigenvalue weighted by molar-refractivity contribution is 6.32. The van der Waals surface area contributed by atoms with Crippen molar-refractivity contribution in [3.63, 3.8) is 0 Å². The Kier molecular flexibility index (Phi) is 9.26. The smallest absolute Gasteiger partial charge is 0.436 e. The molecule has 2 amide bonds. The Balaban J connectivity index is 1.36. The molecule has 258 valence electrons. The first-order valence-corrected chi connectivity index (χ1v) is 15.5. The summed E-state index contributed by atoms with van der Waals surface area (Å²) >= 11 is 5.89. The number of aromatic nitrogens is 6. The molecule has 0 unspecified atom stereocenters. The molecule has 19 heteroatoms. The molecule has 0 atom stereocenters. The number of hydrogen-bond donors (Lipinski definition) is 2. The van der Waals surface area contributed by atoms with E-state index in [4.69, 9.17) is 16.3 Å². The van der Waals surface area contributed by atoms with E-state index in [-0.39, 0.29) is 61.3 Å². The standard InChI is InChI=1S/C30H28ClF4N9O5/c1-2-19-23(41-8-10-42(11-9-41)27(47)22-20(45)4-3-7-36-22)28(48)44-29(39-26(40-44)16-5-12-49-13-6-16)43(19)15-21(46)37-18-14-17(32)24(30(33,34)35)38-25(18)31/h3-5,7,14,45H,2,6,8-13,15H2,1H3,(H,37,46). The number of carbonyl (C=O) groups excluding carboxylic acids is 2. The second-order valence-corrected chi connectivity index (χ2v) is 11.5. The van der Waals surface area contributed by atoms with Crippen LogP contribution < -0.4 is 15.8 Å². The molecule has 0 radical (unpaired) electrons. The summed E-state index contributed by atoms with van der Waals surface area (Å²) in [6, 6.07) is 3.29. The number of piperazine rings is 1. The normalized spacial score (nSPS) is 15.4. The molecule has 2 aliphatic rings. The van der Waals surface area contributed by atoms with E-state index < -0.39 is 52.4 Å². The first kappa shape index (κ1) is 33.8. The Morgan fingerprint density at radius 3 is 2.57 bits per heavy atom. The molecule has 6 rings (SSSR count). The summed E-state index contributed by atoms with van der Waals surface area (Å²) in [6.07, 6.45) is -1.22. The zero-order valence-corrected chi connectivity index (χ0v) is 26.6. The molecule has 2 aliphatic heterocycles. The lowest BCUT2D eigenvalue weighted by Gasteiger charge is -2.36. The number of aromatic hydroxyl groups is 1. The van der Waals surface area contributed by atoms with Crippen LogP contribution in [-0.4, -0.2) is 90.3 Å². The quantitative estimate of drug-likeness (QED) is 0.216. The third kappa shape index (κ3) is 6.65. The number of hydrogen-bond acceptors (Lipinski definition) is 10. The number of anilines is 2. The van der Waals surface area contributed by atoms with Gasteiger partial charge in [-0.05, 0) is 30.5 Å². The lowest BCUT2D eigenvalue weighted by atomic mass is 10.1. The van der Waals surface area contributed by atoms with Crippen molar-refractivity contribution in [2.24, 2.45) is 0 Å². The van der Waals surface area contributed by atoms with E-state index in [1.807, 2.05) is 0 Å². The van der Waals surface area contributed by atoms with Crippen LogP contribution in [0.2, 0.25) is 5.15 Å². The van der Waals surface area contributed by atoms with E-state index in [1.54, 1.807) is 17.9 Å². The van der Waals surface area contributed by atoms with Gasteiger partial charge < -0.3 is 29.5 Å². The Bertz CT molecular complexity index is 2040. The molecule has 0 aromatic carbocycles. The minimum atomic E-state index is -5.10. The molecule has 1 saturated heterocycles. The molecule has 0 spiro atoms. The summed E-state index contributed by atoms with van der Waals surface area (Å²) in [7, 11) is 0. The van der Waals surface area contributed by atoms with Crippen molar-refractivity contribution in [3.05, 3.63) is 74.7 Å². The highest BCUT2D eigenvalue weighted by atomic mass is 35.5. The number of ether oxygens (including phenoxy) is 1. The molecule has 2 N–H and O–H groups in total. The van der Waals surface area contributed by atoms with Crippen LogP contribution in [0.5, 0.6) is 5.75 Å². The van der Waals surface area contributed by atoms with Crippen LogP contribution in [-0.2, 0) is 28.7 Å². The van der Waals surface area contributed by atoms with Crippen LogP contribution >= 0.6 is 11.6 Å². The summed E-state index contributed by atoms with van der Waals surface area (Å²) < 4.78 is 61.5. The van der Waals surface area contributed by atoms with E-state index in [1.165, 1.54) is 27.8 Å². The summed E-state index contributed by atoms with van der Waals surface area (Å²) in [5.41, 5.74) is -1.61. The van der Waals surface area contributed by atoms with Gasteiger partial charge in [0, 0.05) is 38.4 Å². The molecule has 49 heavy (non-hydrogen) atoms. The Labute approximate surface area is 279 Å². The summed E-state index contributed by atoms with van der Waals surface area (Å²) in [4.78, 5) is 55.5. The van der Waals surface area contributed by atoms with Crippen molar-refractivity contribution in [1.29, 1.82) is 0 Å². The fourth-order valence-electron chi connectivity index (χ4n) is 5.73. The largest absolute Gasteiger partial charge is 0.505 e. The highest BCUT2D eigenvalue weighted by Gasteiger charge is 2.37. The van der Waals surface area contributed by atoms with E-state index in [2.05, 4.69) is 25.4 Å². The maximum absolute atomic E-state index is 14.3. The molecule has 0 aliphatic carbocycles. The third-order valence-corrected chi connectivity index (χ3v) is 8.35. The van der Waals surface area contributed by atoms with Crippen molar-refractivity contribution in [3.8, 4) is 5.75 Å². The molecule has 1 fully saturated rings. The monoisotopic (exact) mass is 705 g/mol. The van der Waals surface area contributed by atoms with Gasteiger partial charge in [-0.15, -0.1) is 5.10 Å². The number of pyridine rings is 2. The van der Waals surface area contributed by atoms with Gasteiger partial charge in [-0.2, -0.15) is 22.7 Å². The van der Waals surface area contributed by atoms with Gasteiger partial charge in [0.1, 0.15) is 18.0 Å². The van der Waals surface area contributed by atoms with Gasteiger partial charge >= 0.3 is 6.18 Å². The zero-order valence-electron chi connectivity index (χ0n) is 25.8. The molecular formula is C30H28ClF4N9O5. The van der Waals surface area contributed by atoms with Crippen LogP contribution in [0, 0.1) is 5.82 Å². The van der Waals surface area contributed by atoms with E-state index in [9.17, 15) is 37.1 Å². The number of carbonyl (C=O) groups is 2. The second kappa shape index (κ2) is 13.4. The molecule has 0 bridgehead atoms. The van der Waals surface area contributed by atoms with Crippen molar-refractivity contribution < 1.29 is 37.0 Å². The van der Waals surface area contributed by atoms with E-state index in [0.717, 1.165) is 10.1 Å². The maximum Gasteiger partial charge on any atom is 0.436 e. The van der Waals surface area contributed by atoms with Crippen molar-refractivity contribution in [2.45, 2.75) is 32.5 Å². The van der Waals surface area contributed by atoms with Gasteiger partial charge in [0.15, 0.2) is 28.2 Å². The lowest BCUT2D eigenvalue weighted by molar-refractivity contribution is -0.143. The van der Waals surface area contributed by atoms with E-state index in [0.29, 0.717) is 31.4 Å². The molecule has 6 heterocycles. The number of fused-ring (bicyclic) bond motifs is 1. The van der Waals surface area contributed by atoms with Gasteiger partial charge in [-0.1, -0.05) is 24.6 Å². The first-order valence-electron chi connectivity index (χ1n) is 15.1. The first-order chi connectivity index (χ1) is 23.4. The van der Waals surface area contributed by atoms with Gasteiger partial charge in [0.25, 0.3) is 11.5 Å². The molecule has 4 aromatic heterocycles.